The van der Waals surface area contributed by atoms with Crippen LogP contribution in [0.5, 0.6) is 0 Å². The van der Waals surface area contributed by atoms with E-state index in [1.54, 1.807) is 0 Å². The fourth-order valence-electron chi connectivity index (χ4n) is 1.87. The first-order chi connectivity index (χ1) is 7.61. The molecule has 4 nitrogen and oxygen atoms in total. The predicted octanol–water partition coefficient (Wildman–Crippen LogP) is 0.289. The normalized spacial score (nSPS) is 25.6. The summed E-state index contributed by atoms with van der Waals surface area (Å²) < 4.78 is 1.83. The molecule has 16 heavy (non-hydrogen) atoms. The van der Waals surface area contributed by atoms with Crippen molar-refractivity contribution in [2.45, 2.75) is 20.1 Å². The second kappa shape index (κ2) is 4.06. The van der Waals surface area contributed by atoms with Crippen molar-refractivity contribution in [3.63, 3.8) is 0 Å². The molecule has 84 valence electrons. The Morgan fingerprint density at radius 2 is 1.94 bits per heavy atom. The highest BCUT2D eigenvalue weighted by Gasteiger charge is 2.35. The molecule has 0 spiro atoms. The average Bonchev–Trinajstić information content (AvgIpc) is 2.28. The Labute approximate surface area is 94.2 Å². The van der Waals surface area contributed by atoms with E-state index < -0.39 is 6.23 Å². The predicted molar refractivity (Wildman–Crippen MR) is 58.8 cm³/mol. The van der Waals surface area contributed by atoms with E-state index in [4.69, 9.17) is 0 Å². The van der Waals surface area contributed by atoms with Crippen LogP contribution in [0.2, 0.25) is 0 Å². The van der Waals surface area contributed by atoms with Crippen LogP contribution in [0, 0.1) is 5.92 Å². The van der Waals surface area contributed by atoms with Crippen LogP contribution in [0.4, 0.5) is 0 Å². The van der Waals surface area contributed by atoms with E-state index in [2.05, 4.69) is 5.32 Å². The molecule has 0 aliphatic carbocycles. The number of nitrogens with one attached hydrogen (secondary N) is 1. The maximum absolute atomic E-state index is 11.5. The average molecular weight is 219 g/mol. The van der Waals surface area contributed by atoms with Crippen molar-refractivity contribution in [3.05, 3.63) is 36.2 Å². The fraction of sp³-hybridized carbons (Fsp3) is 0.333. The lowest BCUT2D eigenvalue weighted by Gasteiger charge is -2.24. The number of hydrogen-bond donors (Lipinski definition) is 2. The van der Waals surface area contributed by atoms with E-state index in [0.29, 0.717) is 0 Å². The molecule has 0 radical (unpaired) electrons. The minimum atomic E-state index is -0.934. The number of aliphatic hydroxyl groups excluding tert-OH is 1. The summed E-state index contributed by atoms with van der Waals surface area (Å²) in [6.45, 7) is 3.71. The quantitative estimate of drug-likeness (QED) is 0.667. The fourth-order valence-corrected chi connectivity index (χ4v) is 1.87. The lowest BCUT2D eigenvalue weighted by molar-refractivity contribution is -0.588. The summed E-state index contributed by atoms with van der Waals surface area (Å²) in [7, 11) is 0. The van der Waals surface area contributed by atoms with Crippen LogP contribution in [0.3, 0.4) is 0 Å². The third-order valence-electron chi connectivity index (χ3n) is 2.98. The zero-order valence-electron chi connectivity index (χ0n) is 9.34. The number of aliphatic hydroxyl groups is 1. The van der Waals surface area contributed by atoms with Crippen LogP contribution in [-0.2, 0) is 4.79 Å². The molecular formula is C12H15N2O2+. The summed E-state index contributed by atoms with van der Waals surface area (Å²) in [5.41, 5.74) is 1.63. The van der Waals surface area contributed by atoms with Gasteiger partial charge in [0.1, 0.15) is 0 Å². The molecule has 4 heteroatoms. The molecule has 2 unspecified atom stereocenters. The Kier molecular flexibility index (Phi) is 2.75. The van der Waals surface area contributed by atoms with Gasteiger partial charge in [0, 0.05) is 17.7 Å². The number of carbonyl (C=O) groups is 1. The highest BCUT2D eigenvalue weighted by Crippen LogP contribution is 2.21. The van der Waals surface area contributed by atoms with E-state index in [9.17, 15) is 9.90 Å². The molecule has 1 aliphatic rings. The SMILES string of the molecule is CC1=C([n+]2ccccc2)C(O)NC(=O)C1C. The molecule has 1 aliphatic heterocycles. The van der Waals surface area contributed by atoms with E-state index >= 15 is 0 Å². The molecule has 0 fully saturated rings. The minimum Gasteiger partial charge on any atom is -0.365 e. The Balaban J connectivity index is 2.50. The lowest BCUT2D eigenvalue weighted by atomic mass is 9.95. The molecule has 1 amide bonds. The zero-order chi connectivity index (χ0) is 11.7. The third kappa shape index (κ3) is 1.72. The summed E-state index contributed by atoms with van der Waals surface area (Å²) in [5, 5.41) is 12.4. The van der Waals surface area contributed by atoms with Gasteiger partial charge in [0.05, 0.1) is 5.92 Å². The highest BCUT2D eigenvalue weighted by atomic mass is 16.3. The Bertz CT molecular complexity index is 440. The van der Waals surface area contributed by atoms with Crippen molar-refractivity contribution >= 4 is 11.6 Å². The molecule has 2 rings (SSSR count). The molecule has 0 saturated carbocycles. The number of hydrogen-bond acceptors (Lipinski definition) is 2. The van der Waals surface area contributed by atoms with Crippen molar-refractivity contribution in [1.82, 2.24) is 5.32 Å². The number of amides is 1. The smallest absolute Gasteiger partial charge is 0.236 e. The van der Waals surface area contributed by atoms with Crippen molar-refractivity contribution in [3.8, 4) is 0 Å². The Morgan fingerprint density at radius 3 is 2.56 bits per heavy atom. The van der Waals surface area contributed by atoms with Crippen molar-refractivity contribution in [1.29, 1.82) is 0 Å². The molecular weight excluding hydrogens is 204 g/mol. The second-order valence-corrected chi connectivity index (χ2v) is 3.98. The van der Waals surface area contributed by atoms with Crippen molar-refractivity contribution in [2.75, 3.05) is 0 Å². The largest absolute Gasteiger partial charge is 0.365 e. The summed E-state index contributed by atoms with van der Waals surface area (Å²) in [4.78, 5) is 11.5. The van der Waals surface area contributed by atoms with Gasteiger partial charge in [0.25, 0.3) is 0 Å². The monoisotopic (exact) mass is 219 g/mol. The molecule has 2 N–H and O–H groups in total. The molecule has 0 bridgehead atoms. The van der Waals surface area contributed by atoms with Gasteiger partial charge in [0.2, 0.25) is 17.8 Å². The van der Waals surface area contributed by atoms with Gasteiger partial charge in [-0.1, -0.05) is 6.07 Å². The van der Waals surface area contributed by atoms with Crippen molar-refractivity contribution in [2.24, 2.45) is 5.92 Å². The summed E-state index contributed by atoms with van der Waals surface area (Å²) in [5.74, 6) is -0.337. The van der Waals surface area contributed by atoms with Crippen LogP contribution in [0.1, 0.15) is 13.8 Å². The van der Waals surface area contributed by atoms with Gasteiger partial charge >= 0.3 is 0 Å². The Morgan fingerprint density at radius 1 is 1.31 bits per heavy atom. The summed E-state index contributed by atoms with van der Waals surface area (Å²) in [6, 6.07) is 5.67. The second-order valence-electron chi connectivity index (χ2n) is 3.98. The van der Waals surface area contributed by atoms with Crippen LogP contribution in [0.25, 0.3) is 5.70 Å². The first kappa shape index (κ1) is 10.8. The van der Waals surface area contributed by atoms with Crippen molar-refractivity contribution < 1.29 is 14.5 Å². The van der Waals surface area contributed by atoms with Gasteiger partial charge < -0.3 is 10.4 Å². The molecule has 0 aromatic carbocycles. The number of rotatable bonds is 1. The van der Waals surface area contributed by atoms with Gasteiger partial charge in [-0.05, 0) is 13.8 Å². The van der Waals surface area contributed by atoms with E-state index in [-0.39, 0.29) is 11.8 Å². The maximum Gasteiger partial charge on any atom is 0.236 e. The van der Waals surface area contributed by atoms with E-state index in [1.165, 1.54) is 0 Å². The number of pyridine rings is 1. The maximum atomic E-state index is 11.5. The van der Waals surface area contributed by atoms with Crippen LogP contribution >= 0.6 is 0 Å². The van der Waals surface area contributed by atoms with Gasteiger partial charge in [-0.15, -0.1) is 0 Å². The van der Waals surface area contributed by atoms with E-state index in [1.807, 2.05) is 49.0 Å². The summed E-state index contributed by atoms with van der Waals surface area (Å²) in [6.07, 6.45) is 2.77. The molecule has 0 saturated heterocycles. The molecule has 2 heterocycles. The molecule has 1 aromatic rings. The van der Waals surface area contributed by atoms with Crippen LogP contribution in [0.15, 0.2) is 36.2 Å². The number of nitrogens with zero attached hydrogens (tertiary/aromatic N) is 1. The van der Waals surface area contributed by atoms with Gasteiger partial charge in [0.15, 0.2) is 12.4 Å². The summed E-state index contributed by atoms with van der Waals surface area (Å²) >= 11 is 0. The highest BCUT2D eigenvalue weighted by molar-refractivity contribution is 5.86. The first-order valence-electron chi connectivity index (χ1n) is 5.27. The zero-order valence-corrected chi connectivity index (χ0v) is 9.34. The van der Waals surface area contributed by atoms with Gasteiger partial charge in [-0.3, -0.25) is 4.79 Å². The van der Waals surface area contributed by atoms with Gasteiger partial charge in [-0.25, -0.2) is 0 Å². The Hall–Kier alpha value is -1.68. The number of carbonyl (C=O) groups excluding carboxylic acids is 1. The van der Waals surface area contributed by atoms with Crippen LogP contribution in [-0.4, -0.2) is 17.2 Å². The topological polar surface area (TPSA) is 53.2 Å². The molecule has 2 atom stereocenters. The first-order valence-corrected chi connectivity index (χ1v) is 5.27. The standard InChI is InChI=1S/C12H14N2O2/c1-8-9(2)11(15)13-12(16)10(8)14-6-4-3-5-7-14/h3-7,9,12,16H,1-2H3/p+1. The molecule has 1 aromatic heterocycles. The van der Waals surface area contributed by atoms with Gasteiger partial charge in [-0.2, -0.15) is 4.57 Å². The minimum absolute atomic E-state index is 0.134. The lowest BCUT2D eigenvalue weighted by Crippen LogP contribution is -2.52. The number of aromatic nitrogens is 1. The third-order valence-corrected chi connectivity index (χ3v) is 2.98. The van der Waals surface area contributed by atoms with E-state index in [0.717, 1.165) is 11.3 Å². The van der Waals surface area contributed by atoms with Crippen LogP contribution < -0.4 is 9.88 Å².